The zero-order chi connectivity index (χ0) is 20.8. The number of carbonyl (C=O) groups is 3. The van der Waals surface area contributed by atoms with Gasteiger partial charge in [-0.3, -0.25) is 14.6 Å². The molecule has 7 heteroatoms. The van der Waals surface area contributed by atoms with Crippen molar-refractivity contribution in [3.63, 3.8) is 0 Å². The highest BCUT2D eigenvalue weighted by molar-refractivity contribution is 6.08. The summed E-state index contributed by atoms with van der Waals surface area (Å²) in [5.41, 5.74) is 2.88. The second kappa shape index (κ2) is 8.79. The Labute approximate surface area is 167 Å². The summed E-state index contributed by atoms with van der Waals surface area (Å²) >= 11 is 0. The number of benzene rings is 2. The SMILES string of the molecule is COC(=O)c1cccc(NC(=O)c2cncc(C(=O)Nc3cccc(C)c3)c2)c1. The summed E-state index contributed by atoms with van der Waals surface area (Å²) in [7, 11) is 1.28. The van der Waals surface area contributed by atoms with Gasteiger partial charge in [-0.1, -0.05) is 18.2 Å². The van der Waals surface area contributed by atoms with Gasteiger partial charge in [-0.2, -0.15) is 0 Å². The first kappa shape index (κ1) is 19.8. The molecule has 0 saturated carbocycles. The average molecular weight is 389 g/mol. The highest BCUT2D eigenvalue weighted by atomic mass is 16.5. The number of aryl methyl sites for hydroxylation is 1. The van der Waals surface area contributed by atoms with E-state index in [0.29, 0.717) is 16.9 Å². The number of nitrogens with one attached hydrogen (secondary N) is 2. The fourth-order valence-electron chi connectivity index (χ4n) is 2.66. The highest BCUT2D eigenvalue weighted by Gasteiger charge is 2.13. The number of carbonyl (C=O) groups excluding carboxylic acids is 3. The molecule has 1 heterocycles. The van der Waals surface area contributed by atoms with Crippen LogP contribution in [0.3, 0.4) is 0 Å². The van der Waals surface area contributed by atoms with Gasteiger partial charge in [0.25, 0.3) is 11.8 Å². The number of esters is 1. The van der Waals surface area contributed by atoms with Crippen LogP contribution in [0.15, 0.2) is 67.0 Å². The number of hydrogen-bond donors (Lipinski definition) is 2. The predicted molar refractivity (Wildman–Crippen MR) is 109 cm³/mol. The molecule has 0 saturated heterocycles. The first-order valence-corrected chi connectivity index (χ1v) is 8.79. The maximum atomic E-state index is 12.5. The fourth-order valence-corrected chi connectivity index (χ4v) is 2.66. The second-order valence-electron chi connectivity index (χ2n) is 6.31. The van der Waals surface area contributed by atoms with Crippen LogP contribution in [-0.2, 0) is 4.74 Å². The predicted octanol–water partition coefficient (Wildman–Crippen LogP) is 3.68. The number of aromatic nitrogens is 1. The third-order valence-electron chi connectivity index (χ3n) is 4.08. The summed E-state index contributed by atoms with van der Waals surface area (Å²) in [5, 5.41) is 5.46. The summed E-state index contributed by atoms with van der Waals surface area (Å²) in [6, 6.07) is 15.2. The van der Waals surface area contributed by atoms with E-state index in [-0.39, 0.29) is 17.0 Å². The van der Waals surface area contributed by atoms with Gasteiger partial charge >= 0.3 is 5.97 Å². The molecular weight excluding hydrogens is 370 g/mol. The molecule has 1 aromatic heterocycles. The molecule has 3 rings (SSSR count). The van der Waals surface area contributed by atoms with E-state index in [4.69, 9.17) is 0 Å². The van der Waals surface area contributed by atoms with Crippen molar-refractivity contribution in [1.29, 1.82) is 0 Å². The summed E-state index contributed by atoms with van der Waals surface area (Å²) in [4.78, 5) is 40.6. The van der Waals surface area contributed by atoms with E-state index in [0.717, 1.165) is 5.56 Å². The first-order chi connectivity index (χ1) is 14.0. The van der Waals surface area contributed by atoms with Crippen molar-refractivity contribution < 1.29 is 19.1 Å². The van der Waals surface area contributed by atoms with Crippen LogP contribution >= 0.6 is 0 Å². The number of anilines is 2. The van der Waals surface area contributed by atoms with Crippen LogP contribution in [0.1, 0.15) is 36.6 Å². The lowest BCUT2D eigenvalue weighted by Crippen LogP contribution is -2.16. The molecule has 0 aliphatic carbocycles. The quantitative estimate of drug-likeness (QED) is 0.649. The molecule has 2 aromatic carbocycles. The Balaban J connectivity index is 1.74. The summed E-state index contributed by atoms with van der Waals surface area (Å²) in [6.45, 7) is 1.93. The van der Waals surface area contributed by atoms with Crippen LogP contribution in [0.25, 0.3) is 0 Å². The minimum absolute atomic E-state index is 0.213. The smallest absolute Gasteiger partial charge is 0.337 e. The Bertz CT molecular complexity index is 1080. The van der Waals surface area contributed by atoms with Gasteiger partial charge in [0.2, 0.25) is 0 Å². The molecule has 146 valence electrons. The van der Waals surface area contributed by atoms with Crippen molar-refractivity contribution in [2.24, 2.45) is 0 Å². The lowest BCUT2D eigenvalue weighted by atomic mass is 10.1. The van der Waals surface area contributed by atoms with Gasteiger partial charge in [-0.05, 0) is 48.9 Å². The topological polar surface area (TPSA) is 97.4 Å². The summed E-state index contributed by atoms with van der Waals surface area (Å²) in [5.74, 6) is -1.33. The van der Waals surface area contributed by atoms with Gasteiger partial charge in [-0.25, -0.2) is 4.79 Å². The van der Waals surface area contributed by atoms with Gasteiger partial charge in [0.15, 0.2) is 0 Å². The molecule has 3 aromatic rings. The molecule has 0 atom stereocenters. The van der Waals surface area contributed by atoms with E-state index < -0.39 is 11.9 Å². The van der Waals surface area contributed by atoms with E-state index in [9.17, 15) is 14.4 Å². The molecule has 2 amide bonds. The number of rotatable bonds is 5. The molecule has 0 unspecified atom stereocenters. The minimum Gasteiger partial charge on any atom is -0.465 e. The highest BCUT2D eigenvalue weighted by Crippen LogP contribution is 2.15. The molecule has 0 aliphatic heterocycles. The molecule has 0 spiro atoms. The van der Waals surface area contributed by atoms with Crippen LogP contribution in [-0.4, -0.2) is 29.9 Å². The van der Waals surface area contributed by atoms with Crippen LogP contribution in [0.5, 0.6) is 0 Å². The third-order valence-corrected chi connectivity index (χ3v) is 4.08. The first-order valence-electron chi connectivity index (χ1n) is 8.79. The van der Waals surface area contributed by atoms with E-state index in [2.05, 4.69) is 20.4 Å². The van der Waals surface area contributed by atoms with Gasteiger partial charge in [0.1, 0.15) is 0 Å². The lowest BCUT2D eigenvalue weighted by Gasteiger charge is -2.09. The number of ether oxygens (including phenoxy) is 1. The van der Waals surface area contributed by atoms with Crippen molar-refractivity contribution in [2.75, 3.05) is 17.7 Å². The molecule has 7 nitrogen and oxygen atoms in total. The molecule has 0 fully saturated rings. The van der Waals surface area contributed by atoms with E-state index in [1.54, 1.807) is 24.3 Å². The number of hydrogen-bond acceptors (Lipinski definition) is 5. The maximum Gasteiger partial charge on any atom is 0.337 e. The lowest BCUT2D eigenvalue weighted by molar-refractivity contribution is 0.0600. The van der Waals surface area contributed by atoms with E-state index in [1.165, 1.54) is 31.6 Å². The Morgan fingerprint density at radius 1 is 0.793 bits per heavy atom. The Hall–Kier alpha value is -4.00. The summed E-state index contributed by atoms with van der Waals surface area (Å²) < 4.78 is 4.67. The van der Waals surface area contributed by atoms with Gasteiger partial charge in [0.05, 0.1) is 23.8 Å². The Morgan fingerprint density at radius 2 is 1.38 bits per heavy atom. The van der Waals surface area contributed by atoms with E-state index >= 15 is 0 Å². The van der Waals surface area contributed by atoms with Gasteiger partial charge in [0, 0.05) is 23.8 Å². The standard InChI is InChI=1S/C22H19N3O4/c1-14-5-3-7-18(9-14)24-20(26)16-10-17(13-23-12-16)21(27)25-19-8-4-6-15(11-19)22(28)29-2/h3-13H,1-2H3,(H,24,26)(H,25,27). The number of amides is 2. The van der Waals surface area contributed by atoms with E-state index in [1.807, 2.05) is 25.1 Å². The minimum atomic E-state index is -0.502. The number of nitrogens with zero attached hydrogens (tertiary/aromatic N) is 1. The largest absolute Gasteiger partial charge is 0.465 e. The Morgan fingerprint density at radius 3 is 1.97 bits per heavy atom. The van der Waals surface area contributed by atoms with Crippen molar-refractivity contribution in [3.8, 4) is 0 Å². The molecule has 29 heavy (non-hydrogen) atoms. The summed E-state index contributed by atoms with van der Waals surface area (Å²) in [6.07, 6.45) is 2.75. The van der Waals surface area contributed by atoms with Crippen molar-refractivity contribution in [3.05, 3.63) is 89.2 Å². The maximum absolute atomic E-state index is 12.5. The van der Waals surface area contributed by atoms with Gasteiger partial charge in [-0.15, -0.1) is 0 Å². The Kier molecular flexibility index (Phi) is 5.99. The van der Waals surface area contributed by atoms with Crippen molar-refractivity contribution >= 4 is 29.2 Å². The van der Waals surface area contributed by atoms with Crippen LogP contribution < -0.4 is 10.6 Å². The third kappa shape index (κ3) is 5.04. The molecule has 2 N–H and O–H groups in total. The second-order valence-corrected chi connectivity index (χ2v) is 6.31. The average Bonchev–Trinajstić information content (AvgIpc) is 2.73. The molecule has 0 radical (unpaired) electrons. The fraction of sp³-hybridized carbons (Fsp3) is 0.0909. The molecule has 0 aliphatic rings. The van der Waals surface area contributed by atoms with Crippen molar-refractivity contribution in [2.45, 2.75) is 6.92 Å². The molecular formula is C22H19N3O4. The number of methoxy groups -OCH3 is 1. The monoisotopic (exact) mass is 389 g/mol. The van der Waals surface area contributed by atoms with Crippen molar-refractivity contribution in [1.82, 2.24) is 4.98 Å². The zero-order valence-corrected chi connectivity index (χ0v) is 15.9. The molecule has 0 bridgehead atoms. The van der Waals surface area contributed by atoms with Crippen LogP contribution in [0.4, 0.5) is 11.4 Å². The normalized spacial score (nSPS) is 10.1. The van der Waals surface area contributed by atoms with Crippen LogP contribution in [0.2, 0.25) is 0 Å². The van der Waals surface area contributed by atoms with Gasteiger partial charge < -0.3 is 15.4 Å². The van der Waals surface area contributed by atoms with Crippen LogP contribution in [0, 0.1) is 6.92 Å². The zero-order valence-electron chi connectivity index (χ0n) is 15.9. The number of pyridine rings is 1.